The average molecular weight is 259 g/mol. The second kappa shape index (κ2) is 5.11. The first-order valence-corrected chi connectivity index (χ1v) is 5.88. The molecule has 0 fully saturated rings. The number of hydrogen-bond donors (Lipinski definition) is 1. The number of fused-ring (bicyclic) bond motifs is 1. The Morgan fingerprint density at radius 1 is 1.21 bits per heavy atom. The van der Waals surface area contributed by atoms with Gasteiger partial charge in [0.2, 0.25) is 12.7 Å². The fourth-order valence-electron chi connectivity index (χ4n) is 1.73. The van der Waals surface area contributed by atoms with Gasteiger partial charge < -0.3 is 19.5 Å². The molecule has 1 N–H and O–H groups in total. The molecule has 0 amide bonds. The predicted molar refractivity (Wildman–Crippen MR) is 67.4 cm³/mol. The highest BCUT2D eigenvalue weighted by Crippen LogP contribution is 2.36. The molecule has 1 aromatic carbocycles. The third-order valence-corrected chi connectivity index (χ3v) is 2.61. The molecule has 1 aliphatic heterocycles. The molecule has 1 aromatic heterocycles. The quantitative estimate of drug-likeness (QED) is 0.901. The van der Waals surface area contributed by atoms with Crippen molar-refractivity contribution in [1.82, 2.24) is 15.3 Å². The van der Waals surface area contributed by atoms with Gasteiger partial charge in [0.05, 0.1) is 18.1 Å². The fourth-order valence-corrected chi connectivity index (χ4v) is 1.73. The van der Waals surface area contributed by atoms with E-state index in [4.69, 9.17) is 14.2 Å². The van der Waals surface area contributed by atoms with Gasteiger partial charge in [0.1, 0.15) is 5.75 Å². The largest absolute Gasteiger partial charge is 0.454 e. The second-order valence-electron chi connectivity index (χ2n) is 3.99. The summed E-state index contributed by atoms with van der Waals surface area (Å²) in [5, 5.41) is 3.01. The highest BCUT2D eigenvalue weighted by atomic mass is 16.7. The lowest BCUT2D eigenvalue weighted by molar-refractivity contribution is 0.174. The summed E-state index contributed by atoms with van der Waals surface area (Å²) in [6.07, 6.45) is 3.27. The van der Waals surface area contributed by atoms with Gasteiger partial charge >= 0.3 is 0 Å². The smallest absolute Gasteiger partial charge is 0.237 e. The van der Waals surface area contributed by atoms with Crippen LogP contribution in [0, 0.1) is 0 Å². The topological polar surface area (TPSA) is 65.5 Å². The number of rotatable bonds is 4. The van der Waals surface area contributed by atoms with Crippen molar-refractivity contribution < 1.29 is 14.2 Å². The Hall–Kier alpha value is -2.34. The summed E-state index contributed by atoms with van der Waals surface area (Å²) < 4.78 is 16.1. The summed E-state index contributed by atoms with van der Waals surface area (Å²) in [5.41, 5.74) is 0.862. The number of ether oxygens (including phenoxy) is 3. The van der Waals surface area contributed by atoms with Gasteiger partial charge in [-0.1, -0.05) is 0 Å². The predicted octanol–water partition coefficient (Wildman–Crippen LogP) is 1.72. The molecule has 6 nitrogen and oxygen atoms in total. The molecule has 98 valence electrons. The van der Waals surface area contributed by atoms with E-state index in [2.05, 4.69) is 15.3 Å². The van der Waals surface area contributed by atoms with Crippen molar-refractivity contribution in [3.8, 4) is 23.1 Å². The van der Waals surface area contributed by atoms with Gasteiger partial charge in [-0.05, 0) is 19.2 Å². The molecule has 6 heteroatoms. The van der Waals surface area contributed by atoms with Crippen LogP contribution in [0.3, 0.4) is 0 Å². The second-order valence-corrected chi connectivity index (χ2v) is 3.99. The molecule has 0 saturated carbocycles. The zero-order valence-electron chi connectivity index (χ0n) is 10.4. The maximum absolute atomic E-state index is 5.61. The van der Waals surface area contributed by atoms with Crippen LogP contribution in [-0.4, -0.2) is 23.8 Å². The molecule has 3 rings (SSSR count). The van der Waals surface area contributed by atoms with Crippen molar-refractivity contribution in [2.75, 3.05) is 13.8 Å². The van der Waals surface area contributed by atoms with Crippen LogP contribution in [0.25, 0.3) is 0 Å². The van der Waals surface area contributed by atoms with Crippen LogP contribution in [0.5, 0.6) is 23.1 Å². The van der Waals surface area contributed by atoms with Crippen molar-refractivity contribution in [2.24, 2.45) is 0 Å². The van der Waals surface area contributed by atoms with Crippen molar-refractivity contribution in [3.05, 3.63) is 36.3 Å². The molecular weight excluding hydrogens is 246 g/mol. The molecule has 0 atom stereocenters. The van der Waals surface area contributed by atoms with Crippen molar-refractivity contribution in [1.29, 1.82) is 0 Å². The normalized spacial score (nSPS) is 12.5. The summed E-state index contributed by atoms with van der Waals surface area (Å²) in [6, 6.07) is 5.38. The third-order valence-electron chi connectivity index (χ3n) is 2.61. The van der Waals surface area contributed by atoms with Gasteiger partial charge in [-0.2, -0.15) is 0 Å². The van der Waals surface area contributed by atoms with Crippen LogP contribution in [-0.2, 0) is 6.54 Å². The van der Waals surface area contributed by atoms with Crippen LogP contribution in [0.4, 0.5) is 0 Å². The summed E-state index contributed by atoms with van der Waals surface area (Å²) in [7, 11) is 1.86. The zero-order chi connectivity index (χ0) is 13.1. The Balaban J connectivity index is 1.74. The fraction of sp³-hybridized carbons (Fsp3) is 0.231. The van der Waals surface area contributed by atoms with Gasteiger partial charge in [0.15, 0.2) is 11.5 Å². The first-order chi connectivity index (χ1) is 9.35. The highest BCUT2D eigenvalue weighted by Gasteiger charge is 2.14. The van der Waals surface area contributed by atoms with Gasteiger partial charge in [-0.3, -0.25) is 4.98 Å². The summed E-state index contributed by atoms with van der Waals surface area (Å²) >= 11 is 0. The van der Waals surface area contributed by atoms with E-state index in [1.165, 1.54) is 0 Å². The summed E-state index contributed by atoms with van der Waals surface area (Å²) in [6.45, 7) is 0.925. The minimum Gasteiger partial charge on any atom is -0.454 e. The standard InChI is InChI=1S/C13H13N3O3/c1-14-5-9-6-16-13(7-15-9)19-10-2-3-11-12(4-10)18-8-17-11/h2-4,6-7,14H,5,8H2,1H3. The molecule has 0 saturated heterocycles. The molecule has 0 aliphatic carbocycles. The number of nitrogens with zero attached hydrogens (tertiary/aromatic N) is 2. The van der Waals surface area contributed by atoms with E-state index < -0.39 is 0 Å². The molecular formula is C13H13N3O3. The number of benzene rings is 1. The van der Waals surface area contributed by atoms with E-state index in [-0.39, 0.29) is 6.79 Å². The van der Waals surface area contributed by atoms with Crippen LogP contribution < -0.4 is 19.5 Å². The van der Waals surface area contributed by atoms with E-state index in [1.54, 1.807) is 30.6 Å². The van der Waals surface area contributed by atoms with Crippen LogP contribution in [0.1, 0.15) is 5.69 Å². The lowest BCUT2D eigenvalue weighted by Crippen LogP contribution is -2.07. The number of hydrogen-bond acceptors (Lipinski definition) is 6. The first kappa shape index (κ1) is 11.7. The molecule has 0 radical (unpaired) electrons. The number of aromatic nitrogens is 2. The van der Waals surface area contributed by atoms with E-state index >= 15 is 0 Å². The first-order valence-electron chi connectivity index (χ1n) is 5.88. The van der Waals surface area contributed by atoms with Crippen LogP contribution >= 0.6 is 0 Å². The summed E-state index contributed by atoms with van der Waals surface area (Å²) in [4.78, 5) is 8.42. The Kier molecular flexibility index (Phi) is 3.16. The molecule has 2 heterocycles. The maximum atomic E-state index is 5.61. The number of nitrogens with one attached hydrogen (secondary N) is 1. The maximum Gasteiger partial charge on any atom is 0.237 e. The van der Waals surface area contributed by atoms with E-state index in [0.717, 1.165) is 11.4 Å². The van der Waals surface area contributed by atoms with E-state index in [1.807, 2.05) is 7.05 Å². The van der Waals surface area contributed by atoms with Crippen molar-refractivity contribution >= 4 is 0 Å². The monoisotopic (exact) mass is 259 g/mol. The van der Waals surface area contributed by atoms with Gasteiger partial charge in [-0.25, -0.2) is 4.98 Å². The Morgan fingerprint density at radius 3 is 2.89 bits per heavy atom. The third kappa shape index (κ3) is 2.58. The Morgan fingerprint density at radius 2 is 2.11 bits per heavy atom. The van der Waals surface area contributed by atoms with Crippen LogP contribution in [0.15, 0.2) is 30.6 Å². The lowest BCUT2D eigenvalue weighted by atomic mass is 10.3. The average Bonchev–Trinajstić information content (AvgIpc) is 2.89. The van der Waals surface area contributed by atoms with E-state index in [0.29, 0.717) is 23.9 Å². The van der Waals surface area contributed by atoms with Crippen molar-refractivity contribution in [3.63, 3.8) is 0 Å². The molecule has 0 unspecified atom stereocenters. The van der Waals surface area contributed by atoms with Crippen LogP contribution in [0.2, 0.25) is 0 Å². The van der Waals surface area contributed by atoms with Crippen molar-refractivity contribution in [2.45, 2.75) is 6.54 Å². The molecule has 19 heavy (non-hydrogen) atoms. The lowest BCUT2D eigenvalue weighted by Gasteiger charge is -2.05. The van der Waals surface area contributed by atoms with Gasteiger partial charge in [-0.15, -0.1) is 0 Å². The molecule has 1 aliphatic rings. The van der Waals surface area contributed by atoms with E-state index in [9.17, 15) is 0 Å². The molecule has 0 bridgehead atoms. The zero-order valence-corrected chi connectivity index (χ0v) is 10.4. The minimum absolute atomic E-state index is 0.247. The Bertz CT molecular complexity index is 572. The highest BCUT2D eigenvalue weighted by molar-refractivity contribution is 5.47. The minimum atomic E-state index is 0.247. The molecule has 2 aromatic rings. The molecule has 0 spiro atoms. The van der Waals surface area contributed by atoms with Gasteiger partial charge in [0.25, 0.3) is 0 Å². The summed E-state index contributed by atoms with van der Waals surface area (Å²) in [5.74, 6) is 2.48. The Labute approximate surface area is 110 Å². The SMILES string of the molecule is CNCc1cnc(Oc2ccc3c(c2)OCO3)cn1. The van der Waals surface area contributed by atoms with Gasteiger partial charge in [0, 0.05) is 12.6 Å².